The Morgan fingerprint density at radius 2 is 1.46 bits per heavy atom. The van der Waals surface area contributed by atoms with Crippen LogP contribution in [0.15, 0.2) is 84.1 Å². The van der Waals surface area contributed by atoms with Gasteiger partial charge in [0.1, 0.15) is 0 Å². The lowest BCUT2D eigenvalue weighted by atomic mass is 10.2. The fourth-order valence-corrected chi connectivity index (χ4v) is 3.40. The van der Waals surface area contributed by atoms with Crippen LogP contribution in [0.5, 0.6) is 0 Å². The molecule has 0 fully saturated rings. The van der Waals surface area contributed by atoms with Gasteiger partial charge >= 0.3 is 0 Å². The number of nitrogens with one attached hydrogen (secondary N) is 1. The summed E-state index contributed by atoms with van der Waals surface area (Å²) in [6.07, 6.45) is 4.00. The van der Waals surface area contributed by atoms with Crippen LogP contribution in [-0.4, -0.2) is 10.8 Å². The minimum absolute atomic E-state index is 0.650. The lowest BCUT2D eigenvalue weighted by molar-refractivity contribution is 0.748. The molecule has 1 N–H and O–H groups in total. The quantitative estimate of drug-likeness (QED) is 0.302. The van der Waals surface area contributed by atoms with Crippen LogP contribution in [0.3, 0.4) is 0 Å². The van der Waals surface area contributed by atoms with Crippen LogP contribution in [0.2, 0.25) is 10.0 Å². The lowest BCUT2D eigenvalue weighted by Crippen LogP contribution is -2.05. The Labute approximate surface area is 174 Å². The molecule has 1 heterocycles. The van der Waals surface area contributed by atoms with Crippen molar-refractivity contribution in [2.24, 2.45) is 5.10 Å². The number of hydrogen-bond donors (Lipinski definition) is 1. The van der Waals surface area contributed by atoms with Gasteiger partial charge in [-0.15, -0.1) is 0 Å². The second-order valence-corrected chi connectivity index (χ2v) is 7.45. The van der Waals surface area contributed by atoms with E-state index in [-0.39, 0.29) is 0 Å². The molecule has 140 valence electrons. The number of para-hydroxylation sites is 1. The standard InChI is InChI=1S/C23H19Cl2N3/c24-20-9-5-17(6-10-20)13-26-27-14-19-16-28(23-4-2-1-3-22(19)23)15-18-7-11-21(25)12-8-18/h1-12,14,16,26H,13,15H2/b27-14-. The molecule has 28 heavy (non-hydrogen) atoms. The second kappa shape index (κ2) is 8.51. The summed E-state index contributed by atoms with van der Waals surface area (Å²) in [7, 11) is 0. The largest absolute Gasteiger partial charge is 0.342 e. The Hall–Kier alpha value is -2.75. The number of hydrazone groups is 1. The molecule has 0 aliphatic heterocycles. The second-order valence-electron chi connectivity index (χ2n) is 6.58. The Morgan fingerprint density at radius 3 is 2.18 bits per heavy atom. The van der Waals surface area contributed by atoms with Crippen molar-refractivity contribution in [1.82, 2.24) is 9.99 Å². The molecular weight excluding hydrogens is 389 g/mol. The van der Waals surface area contributed by atoms with E-state index < -0.39 is 0 Å². The van der Waals surface area contributed by atoms with Gasteiger partial charge in [-0.1, -0.05) is 65.7 Å². The first-order chi connectivity index (χ1) is 13.7. The molecule has 3 nitrogen and oxygen atoms in total. The summed E-state index contributed by atoms with van der Waals surface area (Å²) in [6, 6.07) is 24.0. The maximum Gasteiger partial charge on any atom is 0.0580 e. The van der Waals surface area contributed by atoms with E-state index in [0.29, 0.717) is 6.54 Å². The average molecular weight is 408 g/mol. The van der Waals surface area contributed by atoms with Crippen molar-refractivity contribution in [3.8, 4) is 0 Å². The van der Waals surface area contributed by atoms with Crippen molar-refractivity contribution in [2.45, 2.75) is 13.1 Å². The summed E-state index contributed by atoms with van der Waals surface area (Å²) in [5, 5.41) is 7.06. The number of nitrogens with zero attached hydrogens (tertiary/aromatic N) is 2. The zero-order chi connectivity index (χ0) is 19.3. The van der Waals surface area contributed by atoms with Gasteiger partial charge in [-0.2, -0.15) is 5.10 Å². The zero-order valence-corrected chi connectivity index (χ0v) is 16.7. The van der Waals surface area contributed by atoms with Gasteiger partial charge in [-0.3, -0.25) is 0 Å². The number of hydrogen-bond acceptors (Lipinski definition) is 2. The summed E-state index contributed by atoms with van der Waals surface area (Å²) in [5.41, 5.74) is 7.69. The van der Waals surface area contributed by atoms with E-state index >= 15 is 0 Å². The first-order valence-electron chi connectivity index (χ1n) is 9.02. The highest BCUT2D eigenvalue weighted by molar-refractivity contribution is 6.30. The fourth-order valence-electron chi connectivity index (χ4n) is 3.15. The summed E-state index contributed by atoms with van der Waals surface area (Å²) >= 11 is 11.9. The SMILES string of the molecule is Clc1ccc(CN/N=C\c2cn(Cc3ccc(Cl)cc3)c3ccccc23)cc1. The van der Waals surface area contributed by atoms with Crippen molar-refractivity contribution in [3.63, 3.8) is 0 Å². The van der Waals surface area contributed by atoms with Crippen LogP contribution >= 0.6 is 23.2 Å². The molecule has 0 spiro atoms. The molecule has 0 radical (unpaired) electrons. The predicted octanol–water partition coefficient (Wildman–Crippen LogP) is 6.12. The molecule has 0 aliphatic carbocycles. The third-order valence-electron chi connectivity index (χ3n) is 4.58. The van der Waals surface area contributed by atoms with Crippen molar-refractivity contribution >= 4 is 40.3 Å². The molecule has 0 atom stereocenters. The molecule has 3 aromatic carbocycles. The number of aromatic nitrogens is 1. The Bertz CT molecular complexity index is 1100. The molecule has 0 amide bonds. The zero-order valence-electron chi connectivity index (χ0n) is 15.1. The number of rotatable bonds is 6. The molecule has 0 aliphatic rings. The minimum atomic E-state index is 0.650. The Balaban J connectivity index is 1.52. The van der Waals surface area contributed by atoms with E-state index in [1.54, 1.807) is 0 Å². The highest BCUT2D eigenvalue weighted by Crippen LogP contribution is 2.22. The average Bonchev–Trinajstić information content (AvgIpc) is 3.06. The van der Waals surface area contributed by atoms with Crippen LogP contribution in [0.4, 0.5) is 0 Å². The molecule has 0 unspecified atom stereocenters. The topological polar surface area (TPSA) is 29.3 Å². The van der Waals surface area contributed by atoms with Gasteiger partial charge in [0.05, 0.1) is 12.8 Å². The predicted molar refractivity (Wildman–Crippen MR) is 118 cm³/mol. The molecule has 4 aromatic rings. The van der Waals surface area contributed by atoms with Crippen LogP contribution in [0.25, 0.3) is 10.9 Å². The van der Waals surface area contributed by atoms with Crippen LogP contribution in [0.1, 0.15) is 16.7 Å². The van der Waals surface area contributed by atoms with Crippen molar-refractivity contribution < 1.29 is 0 Å². The number of benzene rings is 3. The van der Waals surface area contributed by atoms with Crippen molar-refractivity contribution in [3.05, 3.63) is 106 Å². The van der Waals surface area contributed by atoms with E-state index in [2.05, 4.69) is 51.6 Å². The van der Waals surface area contributed by atoms with Crippen LogP contribution < -0.4 is 5.43 Å². The van der Waals surface area contributed by atoms with Crippen LogP contribution in [-0.2, 0) is 13.1 Å². The molecule has 0 bridgehead atoms. The maximum atomic E-state index is 6.00. The molecule has 0 saturated carbocycles. The summed E-state index contributed by atoms with van der Waals surface area (Å²) in [6.45, 7) is 1.43. The highest BCUT2D eigenvalue weighted by atomic mass is 35.5. The van der Waals surface area contributed by atoms with E-state index in [1.807, 2.05) is 48.7 Å². The van der Waals surface area contributed by atoms with Gasteiger partial charge in [-0.05, 0) is 41.5 Å². The van der Waals surface area contributed by atoms with E-state index in [9.17, 15) is 0 Å². The summed E-state index contributed by atoms with van der Waals surface area (Å²) in [5.74, 6) is 0. The minimum Gasteiger partial charge on any atom is -0.342 e. The fraction of sp³-hybridized carbons (Fsp3) is 0.0870. The smallest absolute Gasteiger partial charge is 0.0580 e. The van der Waals surface area contributed by atoms with Crippen LogP contribution in [0, 0.1) is 0 Å². The van der Waals surface area contributed by atoms with Gasteiger partial charge in [0, 0.05) is 39.3 Å². The lowest BCUT2D eigenvalue weighted by Gasteiger charge is -2.05. The van der Waals surface area contributed by atoms with Gasteiger partial charge in [0.2, 0.25) is 0 Å². The van der Waals surface area contributed by atoms with Gasteiger partial charge < -0.3 is 9.99 Å². The third-order valence-corrected chi connectivity index (χ3v) is 5.08. The molecular formula is C23H19Cl2N3. The number of fused-ring (bicyclic) bond motifs is 1. The van der Waals surface area contributed by atoms with E-state index in [4.69, 9.17) is 23.2 Å². The maximum absolute atomic E-state index is 6.00. The molecule has 5 heteroatoms. The Morgan fingerprint density at radius 1 is 0.821 bits per heavy atom. The van der Waals surface area contributed by atoms with E-state index in [0.717, 1.165) is 27.7 Å². The van der Waals surface area contributed by atoms with Gasteiger partial charge in [-0.25, -0.2) is 0 Å². The molecule has 1 aromatic heterocycles. The number of halogens is 2. The van der Waals surface area contributed by atoms with Gasteiger partial charge in [0.25, 0.3) is 0 Å². The highest BCUT2D eigenvalue weighted by Gasteiger charge is 2.07. The monoisotopic (exact) mass is 407 g/mol. The van der Waals surface area contributed by atoms with Gasteiger partial charge in [0.15, 0.2) is 0 Å². The summed E-state index contributed by atoms with van der Waals surface area (Å²) < 4.78 is 2.24. The first-order valence-corrected chi connectivity index (χ1v) is 9.77. The van der Waals surface area contributed by atoms with E-state index in [1.165, 1.54) is 16.5 Å². The van der Waals surface area contributed by atoms with Crippen molar-refractivity contribution in [2.75, 3.05) is 0 Å². The normalized spacial score (nSPS) is 11.4. The summed E-state index contributed by atoms with van der Waals surface area (Å²) in [4.78, 5) is 0. The third kappa shape index (κ3) is 4.38. The Kier molecular flexibility index (Phi) is 5.65. The van der Waals surface area contributed by atoms with Crippen molar-refractivity contribution in [1.29, 1.82) is 0 Å². The molecule has 0 saturated heterocycles. The molecule has 4 rings (SSSR count). The first kappa shape index (κ1) is 18.6.